The molecular weight excluding hydrogens is 342 g/mol. The van der Waals surface area contributed by atoms with E-state index < -0.39 is 5.60 Å². The van der Waals surface area contributed by atoms with Crippen LogP contribution in [0, 0.1) is 5.92 Å². The molecule has 0 heterocycles. The van der Waals surface area contributed by atoms with Gasteiger partial charge in [0.2, 0.25) is 0 Å². The van der Waals surface area contributed by atoms with Crippen molar-refractivity contribution in [2.45, 2.75) is 52.7 Å². The molecule has 0 fully saturated rings. The van der Waals surface area contributed by atoms with Gasteiger partial charge in [0, 0.05) is 19.4 Å². The number of carbonyl (C=O) groups is 1. The van der Waals surface area contributed by atoms with Crippen LogP contribution < -0.4 is 10.1 Å². The van der Waals surface area contributed by atoms with Crippen LogP contribution in [0.5, 0.6) is 5.75 Å². The van der Waals surface area contributed by atoms with E-state index in [1.165, 1.54) is 0 Å². The van der Waals surface area contributed by atoms with E-state index in [2.05, 4.69) is 19.2 Å². The Kier molecular flexibility index (Phi) is 8.69. The number of anilines is 1. The lowest BCUT2D eigenvalue weighted by Crippen LogP contribution is -2.43. The maximum absolute atomic E-state index is 12.7. The topological polar surface area (TPSA) is 56.8 Å². The number of methoxy groups -OCH3 is 1. The van der Waals surface area contributed by atoms with Gasteiger partial charge in [-0.15, -0.1) is 0 Å². The molecule has 1 N–H and O–H groups in total. The fourth-order valence-corrected chi connectivity index (χ4v) is 2.96. The SMILES string of the molecule is CCO[C@@](C)(CC(C)C)C(=O)Nc1ccc(O[C@H](C)COC)c(Cl)c1. The molecule has 0 aliphatic rings. The Bertz CT molecular complexity index is 564. The monoisotopic (exact) mass is 371 g/mol. The van der Waals surface area contributed by atoms with Gasteiger partial charge in [0.15, 0.2) is 0 Å². The van der Waals surface area contributed by atoms with Crippen molar-refractivity contribution >= 4 is 23.2 Å². The van der Waals surface area contributed by atoms with Crippen molar-refractivity contribution < 1.29 is 19.0 Å². The number of halogens is 1. The van der Waals surface area contributed by atoms with E-state index >= 15 is 0 Å². The van der Waals surface area contributed by atoms with Crippen molar-refractivity contribution in [2.24, 2.45) is 5.92 Å². The van der Waals surface area contributed by atoms with E-state index in [-0.39, 0.29) is 12.0 Å². The predicted octanol–water partition coefficient (Wildman–Crippen LogP) is 4.53. The summed E-state index contributed by atoms with van der Waals surface area (Å²) in [6.07, 6.45) is 0.520. The minimum Gasteiger partial charge on any atom is -0.487 e. The zero-order valence-corrected chi connectivity index (χ0v) is 16.8. The van der Waals surface area contributed by atoms with Crippen molar-refractivity contribution in [1.82, 2.24) is 0 Å². The Labute approximate surface area is 156 Å². The molecule has 0 aliphatic heterocycles. The van der Waals surface area contributed by atoms with Gasteiger partial charge < -0.3 is 19.5 Å². The van der Waals surface area contributed by atoms with E-state index in [4.69, 9.17) is 25.8 Å². The maximum atomic E-state index is 12.7. The highest BCUT2D eigenvalue weighted by Gasteiger charge is 2.34. The third-order valence-corrected chi connectivity index (χ3v) is 3.96. The summed E-state index contributed by atoms with van der Waals surface area (Å²) in [7, 11) is 1.62. The molecule has 0 radical (unpaired) electrons. The van der Waals surface area contributed by atoms with Crippen molar-refractivity contribution in [1.29, 1.82) is 0 Å². The molecule has 0 saturated heterocycles. The summed E-state index contributed by atoms with van der Waals surface area (Å²) >= 11 is 6.27. The second kappa shape index (κ2) is 10.00. The molecule has 2 atom stereocenters. The van der Waals surface area contributed by atoms with Gasteiger partial charge in [-0.25, -0.2) is 0 Å². The largest absolute Gasteiger partial charge is 0.487 e. The number of carbonyl (C=O) groups excluding carboxylic acids is 1. The molecule has 0 aromatic heterocycles. The highest BCUT2D eigenvalue weighted by atomic mass is 35.5. The van der Waals surface area contributed by atoms with Crippen molar-refractivity contribution in [2.75, 3.05) is 25.6 Å². The van der Waals surface area contributed by atoms with Crippen molar-refractivity contribution in [3.8, 4) is 5.75 Å². The van der Waals surface area contributed by atoms with E-state index in [0.29, 0.717) is 42.0 Å². The predicted molar refractivity (Wildman–Crippen MR) is 102 cm³/mol. The summed E-state index contributed by atoms with van der Waals surface area (Å²) in [5.41, 5.74) is -0.270. The number of hydrogen-bond acceptors (Lipinski definition) is 4. The van der Waals surface area contributed by atoms with Gasteiger partial charge in [-0.3, -0.25) is 4.79 Å². The number of rotatable bonds is 10. The zero-order chi connectivity index (χ0) is 19.0. The van der Waals surface area contributed by atoms with Crippen LogP contribution in [0.3, 0.4) is 0 Å². The van der Waals surface area contributed by atoms with Crippen LogP contribution in [0.2, 0.25) is 5.02 Å². The first kappa shape index (κ1) is 21.7. The molecule has 0 spiro atoms. The smallest absolute Gasteiger partial charge is 0.256 e. The first-order valence-electron chi connectivity index (χ1n) is 8.62. The first-order valence-corrected chi connectivity index (χ1v) is 9.00. The van der Waals surface area contributed by atoms with Crippen molar-refractivity contribution in [3.05, 3.63) is 23.2 Å². The zero-order valence-electron chi connectivity index (χ0n) is 16.0. The minimum absolute atomic E-state index is 0.116. The Hall–Kier alpha value is -1.30. The summed E-state index contributed by atoms with van der Waals surface area (Å²) in [6.45, 7) is 10.7. The summed E-state index contributed by atoms with van der Waals surface area (Å²) in [4.78, 5) is 12.7. The van der Waals surface area contributed by atoms with Gasteiger partial charge in [0.25, 0.3) is 5.91 Å². The van der Waals surface area contributed by atoms with Crippen LogP contribution in [0.25, 0.3) is 0 Å². The normalized spacial score (nSPS) is 14.9. The van der Waals surface area contributed by atoms with Gasteiger partial charge in [0.05, 0.1) is 11.6 Å². The summed E-state index contributed by atoms with van der Waals surface area (Å²) < 4.78 is 16.5. The second-order valence-electron chi connectivity index (χ2n) is 6.74. The molecule has 0 aliphatic carbocycles. The van der Waals surface area contributed by atoms with Gasteiger partial charge in [-0.2, -0.15) is 0 Å². The molecule has 1 rings (SSSR count). The van der Waals surface area contributed by atoms with E-state index in [9.17, 15) is 4.79 Å². The van der Waals surface area contributed by atoms with Crippen LogP contribution in [-0.2, 0) is 14.3 Å². The molecule has 25 heavy (non-hydrogen) atoms. The lowest BCUT2D eigenvalue weighted by atomic mass is 9.93. The van der Waals surface area contributed by atoms with Crippen LogP contribution in [0.15, 0.2) is 18.2 Å². The van der Waals surface area contributed by atoms with E-state index in [0.717, 1.165) is 0 Å². The highest BCUT2D eigenvalue weighted by molar-refractivity contribution is 6.32. The second-order valence-corrected chi connectivity index (χ2v) is 7.15. The number of nitrogens with one attached hydrogen (secondary N) is 1. The molecule has 142 valence electrons. The third kappa shape index (κ3) is 6.84. The Morgan fingerprint density at radius 1 is 1.32 bits per heavy atom. The summed E-state index contributed by atoms with van der Waals surface area (Å²) in [5.74, 6) is 0.712. The minimum atomic E-state index is -0.877. The van der Waals surface area contributed by atoms with Gasteiger partial charge in [-0.1, -0.05) is 25.4 Å². The maximum Gasteiger partial charge on any atom is 0.256 e. The lowest BCUT2D eigenvalue weighted by molar-refractivity contribution is -0.140. The molecular formula is C19H30ClNO4. The molecule has 0 bridgehead atoms. The molecule has 0 saturated carbocycles. The Morgan fingerprint density at radius 2 is 2.00 bits per heavy atom. The fraction of sp³-hybridized carbons (Fsp3) is 0.632. The Balaban J connectivity index is 2.84. The molecule has 5 nitrogen and oxygen atoms in total. The van der Waals surface area contributed by atoms with Gasteiger partial charge in [0.1, 0.15) is 17.5 Å². The summed E-state index contributed by atoms with van der Waals surface area (Å²) in [6, 6.07) is 5.18. The van der Waals surface area contributed by atoms with E-state index in [1.807, 2.05) is 20.8 Å². The average molecular weight is 372 g/mol. The first-order chi connectivity index (χ1) is 11.7. The number of hydrogen-bond donors (Lipinski definition) is 1. The molecule has 0 unspecified atom stereocenters. The third-order valence-electron chi connectivity index (χ3n) is 3.66. The fourth-order valence-electron chi connectivity index (χ4n) is 2.74. The van der Waals surface area contributed by atoms with Crippen LogP contribution in [0.1, 0.15) is 41.0 Å². The van der Waals surface area contributed by atoms with E-state index in [1.54, 1.807) is 25.3 Å². The van der Waals surface area contributed by atoms with Crippen LogP contribution in [0.4, 0.5) is 5.69 Å². The molecule has 1 amide bonds. The number of ether oxygens (including phenoxy) is 3. The molecule has 1 aromatic rings. The highest BCUT2D eigenvalue weighted by Crippen LogP contribution is 2.30. The number of benzene rings is 1. The Morgan fingerprint density at radius 3 is 2.52 bits per heavy atom. The molecule has 6 heteroatoms. The standard InChI is InChI=1S/C19H30ClNO4/c1-7-24-19(5,11-13(2)3)18(22)21-15-8-9-17(16(20)10-15)25-14(4)12-23-6/h8-10,13-14H,7,11-12H2,1-6H3,(H,21,22)/t14-,19+/m1/s1. The molecule has 1 aromatic carbocycles. The van der Waals surface area contributed by atoms with Crippen molar-refractivity contribution in [3.63, 3.8) is 0 Å². The van der Waals surface area contributed by atoms with Gasteiger partial charge in [-0.05, 0) is 51.3 Å². The van der Waals surface area contributed by atoms with Crippen LogP contribution >= 0.6 is 11.6 Å². The average Bonchev–Trinajstić information content (AvgIpc) is 2.49. The lowest BCUT2D eigenvalue weighted by Gasteiger charge is -2.30. The quantitative estimate of drug-likeness (QED) is 0.656. The number of amides is 1. The summed E-state index contributed by atoms with van der Waals surface area (Å²) in [5, 5.41) is 3.32. The van der Waals surface area contributed by atoms with Crippen LogP contribution in [-0.4, -0.2) is 37.9 Å². The van der Waals surface area contributed by atoms with Gasteiger partial charge >= 0.3 is 0 Å².